The van der Waals surface area contributed by atoms with E-state index in [0.717, 1.165) is 12.1 Å². The molecule has 0 fully saturated rings. The van der Waals surface area contributed by atoms with Crippen LogP contribution in [0, 0.1) is 0 Å². The normalized spacial score (nSPS) is 12.2. The Hall–Kier alpha value is -1.39. The third kappa shape index (κ3) is 5.47. The molecule has 4 nitrogen and oxygen atoms in total. The molecule has 3 N–H and O–H groups in total. The van der Waals surface area contributed by atoms with Crippen LogP contribution in [0.1, 0.15) is 19.4 Å². The van der Waals surface area contributed by atoms with Crippen LogP contribution in [0.15, 0.2) is 24.3 Å². The number of carbonyl (C=O) groups is 1. The van der Waals surface area contributed by atoms with Gasteiger partial charge in [0.15, 0.2) is 0 Å². The van der Waals surface area contributed by atoms with Crippen molar-refractivity contribution >= 4 is 11.6 Å². The Morgan fingerprint density at radius 1 is 1.35 bits per heavy atom. The fourth-order valence-corrected chi connectivity index (χ4v) is 1.42. The van der Waals surface area contributed by atoms with Gasteiger partial charge in [-0.1, -0.05) is 19.1 Å². The van der Waals surface area contributed by atoms with Crippen molar-refractivity contribution in [2.75, 3.05) is 18.4 Å². The summed E-state index contributed by atoms with van der Waals surface area (Å²) in [6.07, 6.45) is 0.552. The van der Waals surface area contributed by atoms with Gasteiger partial charge in [0.1, 0.15) is 0 Å². The first-order chi connectivity index (χ1) is 8.11. The SMILES string of the molecule is CCc1ccc(NC(=O)CNCC(C)O)cc1. The molecule has 94 valence electrons. The van der Waals surface area contributed by atoms with Gasteiger partial charge < -0.3 is 15.7 Å². The van der Waals surface area contributed by atoms with Crippen LogP contribution in [0.2, 0.25) is 0 Å². The van der Waals surface area contributed by atoms with E-state index in [9.17, 15) is 4.79 Å². The first kappa shape index (κ1) is 13.7. The van der Waals surface area contributed by atoms with Crippen molar-refractivity contribution in [1.82, 2.24) is 5.32 Å². The maximum Gasteiger partial charge on any atom is 0.238 e. The number of hydrogen-bond donors (Lipinski definition) is 3. The van der Waals surface area contributed by atoms with E-state index in [-0.39, 0.29) is 12.5 Å². The number of aliphatic hydroxyl groups excluding tert-OH is 1. The Balaban J connectivity index is 2.34. The van der Waals surface area contributed by atoms with Crippen molar-refractivity contribution in [2.45, 2.75) is 26.4 Å². The van der Waals surface area contributed by atoms with Gasteiger partial charge in [0.2, 0.25) is 5.91 Å². The Morgan fingerprint density at radius 3 is 2.53 bits per heavy atom. The fourth-order valence-electron chi connectivity index (χ4n) is 1.42. The molecule has 0 saturated carbocycles. The molecule has 0 bridgehead atoms. The summed E-state index contributed by atoms with van der Waals surface area (Å²) >= 11 is 0. The third-order valence-electron chi connectivity index (χ3n) is 2.37. The third-order valence-corrected chi connectivity index (χ3v) is 2.37. The molecule has 0 aliphatic carbocycles. The average Bonchev–Trinajstić information content (AvgIpc) is 2.29. The number of benzene rings is 1. The predicted octanol–water partition coefficient (Wildman–Crippen LogP) is 1.16. The molecule has 1 aromatic carbocycles. The summed E-state index contributed by atoms with van der Waals surface area (Å²) in [5, 5.41) is 14.7. The molecule has 1 unspecified atom stereocenters. The molecule has 4 heteroatoms. The number of hydrogen-bond acceptors (Lipinski definition) is 3. The van der Waals surface area contributed by atoms with Gasteiger partial charge in [0, 0.05) is 12.2 Å². The Kier molecular flexibility index (Phi) is 5.66. The van der Waals surface area contributed by atoms with E-state index in [1.807, 2.05) is 24.3 Å². The topological polar surface area (TPSA) is 61.4 Å². The summed E-state index contributed by atoms with van der Waals surface area (Å²) in [5.74, 6) is -0.102. The average molecular weight is 236 g/mol. The maximum atomic E-state index is 11.5. The van der Waals surface area contributed by atoms with Crippen LogP contribution in [0.25, 0.3) is 0 Å². The summed E-state index contributed by atoms with van der Waals surface area (Å²) in [7, 11) is 0. The summed E-state index contributed by atoms with van der Waals surface area (Å²) < 4.78 is 0. The molecule has 1 amide bonds. The van der Waals surface area contributed by atoms with E-state index in [1.165, 1.54) is 5.56 Å². The minimum atomic E-state index is -0.438. The highest BCUT2D eigenvalue weighted by atomic mass is 16.3. The van der Waals surface area contributed by atoms with Gasteiger partial charge >= 0.3 is 0 Å². The van der Waals surface area contributed by atoms with E-state index < -0.39 is 6.10 Å². The number of aryl methyl sites for hydroxylation is 1. The molecule has 0 radical (unpaired) electrons. The molecular formula is C13H20N2O2. The maximum absolute atomic E-state index is 11.5. The van der Waals surface area contributed by atoms with E-state index >= 15 is 0 Å². The smallest absolute Gasteiger partial charge is 0.238 e. The molecule has 17 heavy (non-hydrogen) atoms. The molecule has 0 aliphatic rings. The molecule has 0 aliphatic heterocycles. The lowest BCUT2D eigenvalue weighted by Crippen LogP contribution is -2.32. The second-order valence-corrected chi connectivity index (χ2v) is 4.08. The van der Waals surface area contributed by atoms with Gasteiger partial charge in [-0.2, -0.15) is 0 Å². The van der Waals surface area contributed by atoms with Crippen LogP contribution in [0.4, 0.5) is 5.69 Å². The molecule has 0 aromatic heterocycles. The quantitative estimate of drug-likeness (QED) is 0.694. The number of rotatable bonds is 6. The van der Waals surface area contributed by atoms with Gasteiger partial charge in [-0.05, 0) is 31.0 Å². The molecular weight excluding hydrogens is 216 g/mol. The fraction of sp³-hybridized carbons (Fsp3) is 0.462. The van der Waals surface area contributed by atoms with E-state index in [2.05, 4.69) is 17.6 Å². The summed E-state index contributed by atoms with van der Waals surface area (Å²) in [6.45, 7) is 4.39. The summed E-state index contributed by atoms with van der Waals surface area (Å²) in [6, 6.07) is 7.79. The number of carbonyl (C=O) groups excluding carboxylic acids is 1. The van der Waals surface area contributed by atoms with E-state index in [0.29, 0.717) is 6.54 Å². The van der Waals surface area contributed by atoms with Gasteiger partial charge in [0.25, 0.3) is 0 Å². The number of anilines is 1. The zero-order valence-electron chi connectivity index (χ0n) is 10.4. The molecule has 1 rings (SSSR count). The lowest BCUT2D eigenvalue weighted by Gasteiger charge is -2.08. The highest BCUT2D eigenvalue weighted by Gasteiger charge is 2.02. The molecule has 1 aromatic rings. The lowest BCUT2D eigenvalue weighted by molar-refractivity contribution is -0.115. The van der Waals surface area contributed by atoms with Crippen LogP contribution < -0.4 is 10.6 Å². The highest BCUT2D eigenvalue weighted by molar-refractivity contribution is 5.92. The summed E-state index contributed by atoms with van der Waals surface area (Å²) in [4.78, 5) is 11.5. The first-order valence-corrected chi connectivity index (χ1v) is 5.89. The zero-order chi connectivity index (χ0) is 12.7. The van der Waals surface area contributed by atoms with Crippen LogP contribution in [0.3, 0.4) is 0 Å². The van der Waals surface area contributed by atoms with Crippen LogP contribution in [0.5, 0.6) is 0 Å². The largest absolute Gasteiger partial charge is 0.392 e. The van der Waals surface area contributed by atoms with Gasteiger partial charge in [0.05, 0.1) is 12.6 Å². The van der Waals surface area contributed by atoms with Crippen molar-refractivity contribution in [1.29, 1.82) is 0 Å². The van der Waals surface area contributed by atoms with Gasteiger partial charge in [-0.3, -0.25) is 4.79 Å². The van der Waals surface area contributed by atoms with Crippen molar-refractivity contribution in [2.24, 2.45) is 0 Å². The molecule has 1 atom stereocenters. The monoisotopic (exact) mass is 236 g/mol. The number of nitrogens with one attached hydrogen (secondary N) is 2. The van der Waals surface area contributed by atoms with Crippen LogP contribution in [-0.4, -0.2) is 30.2 Å². The lowest BCUT2D eigenvalue weighted by atomic mass is 10.1. The van der Waals surface area contributed by atoms with E-state index in [4.69, 9.17) is 5.11 Å². The zero-order valence-corrected chi connectivity index (χ0v) is 10.4. The highest BCUT2D eigenvalue weighted by Crippen LogP contribution is 2.09. The minimum absolute atomic E-state index is 0.102. The van der Waals surface area contributed by atoms with Crippen molar-refractivity contribution in [3.05, 3.63) is 29.8 Å². The Labute approximate surface area is 102 Å². The predicted molar refractivity (Wildman–Crippen MR) is 69.0 cm³/mol. The number of amides is 1. The Bertz CT molecular complexity index is 347. The Morgan fingerprint density at radius 2 is 2.00 bits per heavy atom. The van der Waals surface area contributed by atoms with E-state index in [1.54, 1.807) is 6.92 Å². The second kappa shape index (κ2) is 7.04. The van der Waals surface area contributed by atoms with Gasteiger partial charge in [-0.15, -0.1) is 0 Å². The molecule has 0 spiro atoms. The summed E-state index contributed by atoms with van der Waals surface area (Å²) in [5.41, 5.74) is 2.04. The van der Waals surface area contributed by atoms with Gasteiger partial charge in [-0.25, -0.2) is 0 Å². The second-order valence-electron chi connectivity index (χ2n) is 4.08. The minimum Gasteiger partial charge on any atom is -0.392 e. The van der Waals surface area contributed by atoms with Crippen LogP contribution >= 0.6 is 0 Å². The van der Waals surface area contributed by atoms with Crippen molar-refractivity contribution in [3.63, 3.8) is 0 Å². The standard InChI is InChI=1S/C13H20N2O2/c1-3-11-4-6-12(7-5-11)15-13(17)9-14-8-10(2)16/h4-7,10,14,16H,3,8-9H2,1-2H3,(H,15,17). The first-order valence-electron chi connectivity index (χ1n) is 5.89. The number of aliphatic hydroxyl groups is 1. The van der Waals surface area contributed by atoms with Crippen molar-refractivity contribution < 1.29 is 9.90 Å². The molecule has 0 heterocycles. The molecule has 0 saturated heterocycles. The van der Waals surface area contributed by atoms with Crippen LogP contribution in [-0.2, 0) is 11.2 Å². The van der Waals surface area contributed by atoms with Crippen molar-refractivity contribution in [3.8, 4) is 0 Å².